The number of nitrogens with zero attached hydrogens (tertiary/aromatic N) is 1. The Bertz CT molecular complexity index is 1560. The van der Waals surface area contributed by atoms with Gasteiger partial charge >= 0.3 is 12.1 Å². The molecule has 3 aromatic rings. The molecule has 2 aromatic carbocycles. The maximum absolute atomic E-state index is 14.6. The Balaban J connectivity index is 1.61. The van der Waals surface area contributed by atoms with Crippen molar-refractivity contribution in [3.05, 3.63) is 71.2 Å². The fraction of sp³-hybridized carbons (Fsp3) is 0.406. The normalized spacial score (nSPS) is 15.7. The second kappa shape index (κ2) is 12.9. The number of pyridine rings is 1. The van der Waals surface area contributed by atoms with E-state index in [4.69, 9.17) is 18.9 Å². The number of amides is 1. The van der Waals surface area contributed by atoms with Crippen molar-refractivity contribution in [3.8, 4) is 28.5 Å². The first-order valence-electron chi connectivity index (χ1n) is 14.1. The van der Waals surface area contributed by atoms with Gasteiger partial charge in [0.1, 0.15) is 30.0 Å². The standard InChI is InChI=1S/C32H34F4N2O7/c1-6-26(39)45-18(2)15-43-23-12-9-20(13-24(23)42-5)29(40)37-16-31(41,32(34,35)36)25-14-22-28(44-17-30(22,3)4)27(38-25)19-7-10-21(33)11-8-19/h7-14,18,41H,6,15-17H2,1-5H3,(H,37,40). The molecule has 0 fully saturated rings. The summed E-state index contributed by atoms with van der Waals surface area (Å²) in [6.45, 7) is 5.69. The number of esters is 1. The number of halogens is 4. The van der Waals surface area contributed by atoms with Crippen molar-refractivity contribution in [3.63, 3.8) is 0 Å². The quantitative estimate of drug-likeness (QED) is 0.211. The van der Waals surface area contributed by atoms with Gasteiger partial charge in [-0.2, -0.15) is 13.2 Å². The van der Waals surface area contributed by atoms with Crippen LogP contribution in [0.4, 0.5) is 17.6 Å². The van der Waals surface area contributed by atoms with Gasteiger partial charge in [-0.15, -0.1) is 0 Å². The summed E-state index contributed by atoms with van der Waals surface area (Å²) in [5, 5.41) is 13.4. The Morgan fingerprint density at radius 3 is 2.42 bits per heavy atom. The van der Waals surface area contributed by atoms with E-state index in [1.807, 2.05) is 0 Å². The third-order valence-electron chi connectivity index (χ3n) is 7.32. The molecule has 1 amide bonds. The molecule has 0 bridgehead atoms. The number of fused-ring (bicyclic) bond motifs is 1. The zero-order chi connectivity index (χ0) is 33.2. The van der Waals surface area contributed by atoms with Crippen LogP contribution in [0.25, 0.3) is 11.3 Å². The van der Waals surface area contributed by atoms with E-state index >= 15 is 0 Å². The third kappa shape index (κ3) is 7.14. The molecule has 0 spiro atoms. The van der Waals surface area contributed by atoms with Crippen LogP contribution >= 0.6 is 0 Å². The Hall–Kier alpha value is -4.39. The topological polar surface area (TPSA) is 116 Å². The van der Waals surface area contributed by atoms with Crippen molar-refractivity contribution >= 4 is 11.9 Å². The molecule has 1 aromatic heterocycles. The van der Waals surface area contributed by atoms with Gasteiger partial charge in [0.25, 0.3) is 5.91 Å². The Labute approximate surface area is 257 Å². The van der Waals surface area contributed by atoms with Crippen molar-refractivity contribution in [2.24, 2.45) is 0 Å². The number of methoxy groups -OCH3 is 1. The van der Waals surface area contributed by atoms with Gasteiger partial charge < -0.3 is 29.4 Å². The van der Waals surface area contributed by atoms with Crippen molar-refractivity contribution in [1.82, 2.24) is 10.3 Å². The minimum Gasteiger partial charge on any atom is -0.493 e. The van der Waals surface area contributed by atoms with Gasteiger partial charge in [-0.1, -0.05) is 20.8 Å². The molecule has 13 heteroatoms. The number of benzene rings is 2. The number of alkyl halides is 3. The van der Waals surface area contributed by atoms with Gasteiger partial charge in [0.2, 0.25) is 5.60 Å². The van der Waals surface area contributed by atoms with Gasteiger partial charge in [0.05, 0.1) is 26.0 Å². The van der Waals surface area contributed by atoms with Crippen LogP contribution in [0.5, 0.6) is 17.2 Å². The molecule has 2 N–H and O–H groups in total. The lowest BCUT2D eigenvalue weighted by atomic mass is 9.84. The maximum atomic E-state index is 14.6. The lowest BCUT2D eigenvalue weighted by Gasteiger charge is -2.31. The predicted molar refractivity (Wildman–Crippen MR) is 155 cm³/mol. The molecule has 9 nitrogen and oxygen atoms in total. The minimum absolute atomic E-state index is 0.00109. The van der Waals surface area contributed by atoms with Crippen LogP contribution in [0.2, 0.25) is 0 Å². The molecule has 2 atom stereocenters. The molecular weight excluding hydrogens is 600 g/mol. The van der Waals surface area contributed by atoms with E-state index in [-0.39, 0.29) is 53.7 Å². The Morgan fingerprint density at radius 1 is 1.11 bits per heavy atom. The minimum atomic E-state index is -5.27. The van der Waals surface area contributed by atoms with E-state index in [0.29, 0.717) is 5.56 Å². The third-order valence-corrected chi connectivity index (χ3v) is 7.32. The summed E-state index contributed by atoms with van der Waals surface area (Å²) >= 11 is 0. The van der Waals surface area contributed by atoms with Gasteiger partial charge in [-0.25, -0.2) is 9.37 Å². The zero-order valence-electron chi connectivity index (χ0n) is 25.4. The SMILES string of the molecule is CCC(=O)OC(C)COc1ccc(C(=O)NCC(O)(c2cc3c(c(-c4ccc(F)cc4)n2)OCC3(C)C)C(F)(F)F)cc1OC. The number of ether oxygens (including phenoxy) is 4. The van der Waals surface area contributed by atoms with Crippen LogP contribution in [0.1, 0.15) is 55.7 Å². The number of rotatable bonds is 11. The fourth-order valence-corrected chi connectivity index (χ4v) is 4.65. The van der Waals surface area contributed by atoms with Gasteiger partial charge in [0.15, 0.2) is 11.5 Å². The highest BCUT2D eigenvalue weighted by Gasteiger charge is 2.57. The highest BCUT2D eigenvalue weighted by molar-refractivity contribution is 5.95. The van der Waals surface area contributed by atoms with E-state index in [1.165, 1.54) is 37.4 Å². The van der Waals surface area contributed by atoms with Gasteiger partial charge in [0, 0.05) is 28.5 Å². The second-order valence-electron chi connectivity index (χ2n) is 11.3. The zero-order valence-corrected chi connectivity index (χ0v) is 25.4. The van der Waals surface area contributed by atoms with Crippen molar-refractivity contribution in [2.75, 3.05) is 26.9 Å². The van der Waals surface area contributed by atoms with E-state index in [2.05, 4.69) is 10.3 Å². The molecular formula is C32H34F4N2O7. The van der Waals surface area contributed by atoms with Crippen LogP contribution in [0, 0.1) is 5.82 Å². The Morgan fingerprint density at radius 2 is 1.80 bits per heavy atom. The summed E-state index contributed by atoms with van der Waals surface area (Å²) in [6.07, 6.45) is -5.64. The summed E-state index contributed by atoms with van der Waals surface area (Å²) in [6, 6.07) is 10.1. The van der Waals surface area contributed by atoms with E-state index in [1.54, 1.807) is 27.7 Å². The van der Waals surface area contributed by atoms with Crippen LogP contribution in [-0.4, -0.2) is 61.1 Å². The van der Waals surface area contributed by atoms with E-state index in [9.17, 15) is 32.3 Å². The number of hydrogen-bond acceptors (Lipinski definition) is 8. The number of carbonyl (C=O) groups is 2. The highest BCUT2D eigenvalue weighted by atomic mass is 19.4. The number of aromatic nitrogens is 1. The molecule has 1 aliphatic rings. The lowest BCUT2D eigenvalue weighted by molar-refractivity contribution is -0.265. The summed E-state index contributed by atoms with van der Waals surface area (Å²) in [5.41, 5.74) is -4.50. The smallest absolute Gasteiger partial charge is 0.424 e. The number of nitrogens with one attached hydrogen (secondary N) is 1. The van der Waals surface area contributed by atoms with E-state index in [0.717, 1.165) is 18.2 Å². The van der Waals surface area contributed by atoms with Crippen molar-refractivity contribution < 1.29 is 51.2 Å². The average molecular weight is 635 g/mol. The number of hydrogen-bond donors (Lipinski definition) is 2. The number of aliphatic hydroxyl groups is 1. The summed E-state index contributed by atoms with van der Waals surface area (Å²) in [4.78, 5) is 28.7. The predicted octanol–water partition coefficient (Wildman–Crippen LogP) is 5.47. The highest BCUT2D eigenvalue weighted by Crippen LogP contribution is 2.47. The first-order valence-corrected chi connectivity index (χ1v) is 14.1. The van der Waals surface area contributed by atoms with Crippen molar-refractivity contribution in [2.45, 2.75) is 57.4 Å². The Kier molecular flexibility index (Phi) is 9.62. The van der Waals surface area contributed by atoms with Crippen LogP contribution in [0.3, 0.4) is 0 Å². The van der Waals surface area contributed by atoms with Crippen LogP contribution < -0.4 is 19.5 Å². The second-order valence-corrected chi connectivity index (χ2v) is 11.3. The number of carbonyl (C=O) groups excluding carboxylic acids is 2. The molecule has 0 saturated carbocycles. The molecule has 0 aliphatic carbocycles. The molecule has 45 heavy (non-hydrogen) atoms. The summed E-state index contributed by atoms with van der Waals surface area (Å²) in [5.74, 6) is -1.34. The maximum Gasteiger partial charge on any atom is 0.424 e. The van der Waals surface area contributed by atoms with Crippen molar-refractivity contribution in [1.29, 1.82) is 0 Å². The van der Waals surface area contributed by atoms with Crippen LogP contribution in [-0.2, 0) is 20.5 Å². The largest absolute Gasteiger partial charge is 0.493 e. The molecule has 2 heterocycles. The van der Waals surface area contributed by atoms with Gasteiger partial charge in [-0.3, -0.25) is 9.59 Å². The lowest BCUT2D eigenvalue weighted by Crippen LogP contribution is -2.51. The first kappa shape index (κ1) is 33.5. The molecule has 0 radical (unpaired) electrons. The van der Waals surface area contributed by atoms with Gasteiger partial charge in [-0.05, 0) is 55.5 Å². The summed E-state index contributed by atoms with van der Waals surface area (Å²) < 4.78 is 79.3. The molecule has 2 unspecified atom stereocenters. The first-order chi connectivity index (χ1) is 21.1. The molecule has 1 aliphatic heterocycles. The van der Waals surface area contributed by atoms with E-state index < -0.39 is 53.2 Å². The monoisotopic (exact) mass is 634 g/mol. The molecule has 242 valence electrons. The average Bonchev–Trinajstić information content (AvgIpc) is 3.31. The fourth-order valence-electron chi connectivity index (χ4n) is 4.65. The summed E-state index contributed by atoms with van der Waals surface area (Å²) in [7, 11) is 1.32. The molecule has 0 saturated heterocycles. The molecule has 4 rings (SSSR count). The van der Waals surface area contributed by atoms with Crippen LogP contribution in [0.15, 0.2) is 48.5 Å².